The molecule has 0 saturated carbocycles. The lowest BCUT2D eigenvalue weighted by atomic mass is 9.92. The number of nitrogens with one attached hydrogen (secondary N) is 1. The SMILES string of the molecule is OC1CCNC(c2ccccc2C(F)(F)F)C1. The molecule has 1 aliphatic rings. The van der Waals surface area contributed by atoms with E-state index in [0.717, 1.165) is 6.07 Å². The van der Waals surface area contributed by atoms with Gasteiger partial charge in [0, 0.05) is 6.04 Å². The van der Waals surface area contributed by atoms with Gasteiger partial charge in [0.1, 0.15) is 0 Å². The van der Waals surface area contributed by atoms with Crippen LogP contribution < -0.4 is 5.32 Å². The molecule has 1 heterocycles. The van der Waals surface area contributed by atoms with Crippen LogP contribution in [0, 0.1) is 0 Å². The monoisotopic (exact) mass is 245 g/mol. The van der Waals surface area contributed by atoms with Crippen LogP contribution >= 0.6 is 0 Å². The van der Waals surface area contributed by atoms with Gasteiger partial charge in [-0.15, -0.1) is 0 Å². The Morgan fingerprint density at radius 1 is 1.24 bits per heavy atom. The molecular weight excluding hydrogens is 231 g/mol. The molecule has 0 radical (unpaired) electrons. The molecule has 1 aromatic rings. The summed E-state index contributed by atoms with van der Waals surface area (Å²) in [5.74, 6) is 0. The molecule has 0 spiro atoms. The number of benzene rings is 1. The van der Waals surface area contributed by atoms with Crippen molar-refractivity contribution >= 4 is 0 Å². The van der Waals surface area contributed by atoms with Gasteiger partial charge in [0.2, 0.25) is 0 Å². The maximum Gasteiger partial charge on any atom is 0.416 e. The molecule has 2 N–H and O–H groups in total. The normalized spacial score (nSPS) is 25.9. The van der Waals surface area contributed by atoms with Crippen molar-refractivity contribution in [2.45, 2.75) is 31.2 Å². The molecule has 2 rings (SSSR count). The molecule has 2 unspecified atom stereocenters. The molecule has 1 fully saturated rings. The minimum atomic E-state index is -4.35. The Morgan fingerprint density at radius 3 is 2.59 bits per heavy atom. The van der Waals surface area contributed by atoms with E-state index in [1.54, 1.807) is 6.07 Å². The Bertz CT molecular complexity index is 392. The fraction of sp³-hybridized carbons (Fsp3) is 0.500. The molecular formula is C12H14F3NO. The predicted molar refractivity (Wildman–Crippen MR) is 57.4 cm³/mol. The van der Waals surface area contributed by atoms with Crippen molar-refractivity contribution in [3.8, 4) is 0 Å². The number of aliphatic hydroxyl groups excluding tert-OH is 1. The topological polar surface area (TPSA) is 32.3 Å². The van der Waals surface area contributed by atoms with Gasteiger partial charge >= 0.3 is 6.18 Å². The van der Waals surface area contributed by atoms with Crippen molar-refractivity contribution in [1.29, 1.82) is 0 Å². The van der Waals surface area contributed by atoms with Crippen molar-refractivity contribution in [3.05, 3.63) is 35.4 Å². The minimum Gasteiger partial charge on any atom is -0.393 e. The maximum absolute atomic E-state index is 12.8. The van der Waals surface area contributed by atoms with Gasteiger partial charge in [0.05, 0.1) is 11.7 Å². The zero-order chi connectivity index (χ0) is 12.5. The third-order valence-corrected chi connectivity index (χ3v) is 3.02. The van der Waals surface area contributed by atoms with E-state index in [1.165, 1.54) is 12.1 Å². The quantitative estimate of drug-likeness (QED) is 0.796. The van der Waals surface area contributed by atoms with Crippen molar-refractivity contribution in [3.63, 3.8) is 0 Å². The second-order valence-electron chi connectivity index (χ2n) is 4.27. The number of rotatable bonds is 1. The number of halogens is 3. The average Bonchev–Trinajstić information content (AvgIpc) is 2.28. The van der Waals surface area contributed by atoms with Crippen molar-refractivity contribution < 1.29 is 18.3 Å². The smallest absolute Gasteiger partial charge is 0.393 e. The largest absolute Gasteiger partial charge is 0.416 e. The first-order chi connectivity index (χ1) is 7.98. The average molecular weight is 245 g/mol. The van der Waals surface area contributed by atoms with Crippen LogP contribution in [-0.2, 0) is 6.18 Å². The highest BCUT2D eigenvalue weighted by molar-refractivity contribution is 5.32. The van der Waals surface area contributed by atoms with Gasteiger partial charge in [-0.1, -0.05) is 18.2 Å². The molecule has 1 saturated heterocycles. The van der Waals surface area contributed by atoms with Crippen LogP contribution in [0.3, 0.4) is 0 Å². The zero-order valence-electron chi connectivity index (χ0n) is 9.17. The van der Waals surface area contributed by atoms with Crippen LogP contribution in [0.1, 0.15) is 30.0 Å². The van der Waals surface area contributed by atoms with Crippen molar-refractivity contribution in [2.24, 2.45) is 0 Å². The van der Waals surface area contributed by atoms with E-state index in [1.807, 2.05) is 0 Å². The summed E-state index contributed by atoms with van der Waals surface area (Å²) >= 11 is 0. The highest BCUT2D eigenvalue weighted by Gasteiger charge is 2.35. The fourth-order valence-electron chi connectivity index (χ4n) is 2.19. The maximum atomic E-state index is 12.8. The first-order valence-corrected chi connectivity index (χ1v) is 5.56. The molecule has 1 aromatic carbocycles. The Labute approximate surface area is 97.5 Å². The summed E-state index contributed by atoms with van der Waals surface area (Å²) in [6.07, 6.45) is -3.96. The highest BCUT2D eigenvalue weighted by Crippen LogP contribution is 2.36. The summed E-state index contributed by atoms with van der Waals surface area (Å²) < 4.78 is 38.4. The molecule has 94 valence electrons. The van der Waals surface area contributed by atoms with Crippen molar-refractivity contribution in [2.75, 3.05) is 6.54 Å². The lowest BCUT2D eigenvalue weighted by Crippen LogP contribution is -2.35. The molecule has 2 nitrogen and oxygen atoms in total. The summed E-state index contributed by atoms with van der Waals surface area (Å²) in [6.45, 7) is 0.540. The summed E-state index contributed by atoms with van der Waals surface area (Å²) in [5.41, 5.74) is -0.398. The van der Waals surface area contributed by atoms with Gasteiger partial charge in [0.15, 0.2) is 0 Å². The number of piperidine rings is 1. The molecule has 0 aromatic heterocycles. The van der Waals surface area contributed by atoms with Crippen molar-refractivity contribution in [1.82, 2.24) is 5.32 Å². The Morgan fingerprint density at radius 2 is 1.94 bits per heavy atom. The summed E-state index contributed by atoms with van der Waals surface area (Å²) in [7, 11) is 0. The molecule has 0 amide bonds. The highest BCUT2D eigenvalue weighted by atomic mass is 19.4. The van der Waals surface area contributed by atoms with Crippen LogP contribution in [-0.4, -0.2) is 17.8 Å². The fourth-order valence-corrected chi connectivity index (χ4v) is 2.19. The lowest BCUT2D eigenvalue weighted by molar-refractivity contribution is -0.138. The minimum absolute atomic E-state index is 0.221. The van der Waals surface area contributed by atoms with Gasteiger partial charge in [0.25, 0.3) is 0 Å². The first kappa shape index (κ1) is 12.4. The van der Waals surface area contributed by atoms with Crippen LogP contribution in [0.2, 0.25) is 0 Å². The number of hydrogen-bond acceptors (Lipinski definition) is 2. The van der Waals surface area contributed by atoms with E-state index in [2.05, 4.69) is 5.32 Å². The summed E-state index contributed by atoms with van der Waals surface area (Å²) in [4.78, 5) is 0. The molecule has 5 heteroatoms. The molecule has 0 bridgehead atoms. The number of aliphatic hydroxyl groups is 1. The Hall–Kier alpha value is -1.07. The van der Waals surface area contributed by atoms with Gasteiger partial charge in [-0.25, -0.2) is 0 Å². The zero-order valence-corrected chi connectivity index (χ0v) is 9.17. The van der Waals surface area contributed by atoms with E-state index in [0.29, 0.717) is 19.4 Å². The van der Waals surface area contributed by atoms with E-state index in [9.17, 15) is 18.3 Å². The second-order valence-corrected chi connectivity index (χ2v) is 4.27. The Kier molecular flexibility index (Phi) is 3.40. The first-order valence-electron chi connectivity index (χ1n) is 5.56. The third-order valence-electron chi connectivity index (χ3n) is 3.02. The predicted octanol–water partition coefficient (Wildman–Crippen LogP) is 2.49. The van der Waals surface area contributed by atoms with Gasteiger partial charge < -0.3 is 10.4 Å². The standard InChI is InChI=1S/C12H14F3NO/c13-12(14,15)10-4-2-1-3-9(10)11-7-8(17)5-6-16-11/h1-4,8,11,16-17H,5-7H2. The van der Waals surface area contributed by atoms with Crippen LogP contribution in [0.4, 0.5) is 13.2 Å². The number of hydrogen-bond donors (Lipinski definition) is 2. The van der Waals surface area contributed by atoms with E-state index in [4.69, 9.17) is 0 Å². The molecule has 17 heavy (non-hydrogen) atoms. The number of alkyl halides is 3. The van der Waals surface area contributed by atoms with E-state index >= 15 is 0 Å². The van der Waals surface area contributed by atoms with Crippen LogP contribution in [0.5, 0.6) is 0 Å². The molecule has 0 aliphatic carbocycles. The van der Waals surface area contributed by atoms with Gasteiger partial charge in [-0.2, -0.15) is 13.2 Å². The van der Waals surface area contributed by atoms with Gasteiger partial charge in [-0.05, 0) is 31.0 Å². The lowest BCUT2D eigenvalue weighted by Gasteiger charge is -2.29. The van der Waals surface area contributed by atoms with E-state index < -0.39 is 23.9 Å². The van der Waals surface area contributed by atoms with Crippen LogP contribution in [0.15, 0.2) is 24.3 Å². The Balaban J connectivity index is 2.31. The summed E-state index contributed by atoms with van der Waals surface area (Å²) in [6, 6.07) is 5.10. The molecule has 2 atom stereocenters. The third kappa shape index (κ3) is 2.79. The van der Waals surface area contributed by atoms with Crippen LogP contribution in [0.25, 0.3) is 0 Å². The second kappa shape index (κ2) is 4.66. The summed E-state index contributed by atoms with van der Waals surface area (Å²) in [5, 5.41) is 12.5. The molecule has 1 aliphatic heterocycles. The van der Waals surface area contributed by atoms with E-state index in [-0.39, 0.29) is 5.56 Å². The van der Waals surface area contributed by atoms with Gasteiger partial charge in [-0.3, -0.25) is 0 Å².